The molecule has 146 valence electrons. The maximum absolute atomic E-state index is 12.5. The lowest BCUT2D eigenvalue weighted by atomic mass is 10.1. The highest BCUT2D eigenvalue weighted by molar-refractivity contribution is 5.99. The van der Waals surface area contributed by atoms with Gasteiger partial charge in [-0.05, 0) is 31.9 Å². The first-order chi connectivity index (χ1) is 12.9. The first-order valence-corrected chi connectivity index (χ1v) is 8.71. The predicted molar refractivity (Wildman–Crippen MR) is 95.3 cm³/mol. The van der Waals surface area contributed by atoms with Crippen molar-refractivity contribution in [3.05, 3.63) is 29.8 Å². The summed E-state index contributed by atoms with van der Waals surface area (Å²) in [6, 6.07) is 4.50. The van der Waals surface area contributed by atoms with Crippen molar-refractivity contribution in [3.8, 4) is 5.75 Å². The molecule has 0 radical (unpaired) electrons. The van der Waals surface area contributed by atoms with Crippen molar-refractivity contribution < 1.29 is 29.0 Å². The van der Waals surface area contributed by atoms with Crippen LogP contribution in [0.3, 0.4) is 0 Å². The van der Waals surface area contributed by atoms with E-state index in [0.29, 0.717) is 18.7 Å². The fourth-order valence-corrected chi connectivity index (χ4v) is 2.55. The Morgan fingerprint density at radius 1 is 1.19 bits per heavy atom. The van der Waals surface area contributed by atoms with Gasteiger partial charge in [-0.2, -0.15) is 0 Å². The molecule has 4 N–H and O–H groups in total. The minimum absolute atomic E-state index is 0.107. The molecule has 1 heterocycles. The zero-order chi connectivity index (χ0) is 19.8. The average Bonchev–Trinajstić information content (AvgIpc) is 2.63. The minimum Gasteiger partial charge on any atom is -0.493 e. The fraction of sp³-hybridized carbons (Fsp3) is 0.444. The number of nitrogens with one attached hydrogen (secondary N) is 3. The van der Waals surface area contributed by atoms with Gasteiger partial charge in [0.15, 0.2) is 0 Å². The summed E-state index contributed by atoms with van der Waals surface area (Å²) >= 11 is 0. The number of carbonyl (C=O) groups is 4. The molecule has 1 aliphatic rings. The van der Waals surface area contributed by atoms with Crippen LogP contribution in [0.1, 0.15) is 36.5 Å². The lowest BCUT2D eigenvalue weighted by Gasteiger charge is -2.18. The van der Waals surface area contributed by atoms with Gasteiger partial charge in [0.1, 0.15) is 17.8 Å². The molecule has 1 aromatic rings. The van der Waals surface area contributed by atoms with E-state index in [0.717, 1.165) is 0 Å². The van der Waals surface area contributed by atoms with Crippen LogP contribution in [0.4, 0.5) is 0 Å². The third-order valence-corrected chi connectivity index (χ3v) is 4.04. The van der Waals surface area contributed by atoms with Gasteiger partial charge in [-0.3, -0.25) is 14.4 Å². The first-order valence-electron chi connectivity index (χ1n) is 8.71. The van der Waals surface area contributed by atoms with Crippen LogP contribution in [0.25, 0.3) is 0 Å². The number of rotatable bonds is 1. The standard InChI is InChI=1S/C18H23N3O6/c1-11-16(23)19-9-4-10-27-14-6-3-2-5-12(14)17(24)21-13(18(25)26)7-8-15(22)20-11/h2-3,5-6,11,13H,4,7-10H2,1H3,(H,19,23)(H,20,22)(H,21,24)(H,25,26)/t11?,13-/m0/s1. The van der Waals surface area contributed by atoms with E-state index in [1.54, 1.807) is 25.1 Å². The first kappa shape index (κ1) is 20.2. The van der Waals surface area contributed by atoms with Crippen LogP contribution in [0.2, 0.25) is 0 Å². The SMILES string of the molecule is CC1NC(=O)CC[C@@H](C(=O)O)NC(=O)c2ccccc2OCCCNC1=O. The van der Waals surface area contributed by atoms with E-state index in [2.05, 4.69) is 16.0 Å². The van der Waals surface area contributed by atoms with Crippen LogP contribution in [-0.2, 0) is 14.4 Å². The van der Waals surface area contributed by atoms with Crippen molar-refractivity contribution in [2.24, 2.45) is 0 Å². The van der Waals surface area contributed by atoms with E-state index in [9.17, 15) is 24.3 Å². The van der Waals surface area contributed by atoms with Gasteiger partial charge in [0.2, 0.25) is 11.8 Å². The molecule has 0 aliphatic carbocycles. The lowest BCUT2D eigenvalue weighted by Crippen LogP contribution is -2.46. The van der Waals surface area contributed by atoms with Crippen molar-refractivity contribution >= 4 is 23.7 Å². The molecular formula is C18H23N3O6. The number of aliphatic carboxylic acids is 1. The number of carboxylic acid groups (broad SMARTS) is 1. The van der Waals surface area contributed by atoms with E-state index in [-0.39, 0.29) is 30.9 Å². The van der Waals surface area contributed by atoms with Crippen LogP contribution in [0.5, 0.6) is 5.75 Å². The number of fused-ring (bicyclic) bond motifs is 1. The van der Waals surface area contributed by atoms with Crippen LogP contribution < -0.4 is 20.7 Å². The Morgan fingerprint density at radius 2 is 1.93 bits per heavy atom. The highest BCUT2D eigenvalue weighted by Crippen LogP contribution is 2.18. The highest BCUT2D eigenvalue weighted by atomic mass is 16.5. The fourth-order valence-electron chi connectivity index (χ4n) is 2.55. The number of hydrogen-bond donors (Lipinski definition) is 4. The van der Waals surface area contributed by atoms with Crippen molar-refractivity contribution in [2.45, 2.75) is 38.3 Å². The second kappa shape index (κ2) is 9.56. The van der Waals surface area contributed by atoms with Crippen molar-refractivity contribution in [2.75, 3.05) is 13.2 Å². The summed E-state index contributed by atoms with van der Waals surface area (Å²) in [7, 11) is 0. The Balaban J connectivity index is 2.20. The Labute approximate surface area is 156 Å². The predicted octanol–water partition coefficient (Wildman–Crippen LogP) is 0.0532. The van der Waals surface area contributed by atoms with E-state index in [1.165, 1.54) is 6.07 Å². The molecule has 0 fully saturated rings. The molecule has 0 saturated carbocycles. The summed E-state index contributed by atoms with van der Waals surface area (Å²) in [6.45, 7) is 2.15. The average molecular weight is 377 g/mol. The molecule has 0 aromatic heterocycles. The summed E-state index contributed by atoms with van der Waals surface area (Å²) in [5.74, 6) is -2.31. The van der Waals surface area contributed by atoms with Gasteiger partial charge < -0.3 is 25.8 Å². The van der Waals surface area contributed by atoms with Gasteiger partial charge in [-0.25, -0.2) is 4.79 Å². The Hall–Kier alpha value is -3.10. The van der Waals surface area contributed by atoms with Gasteiger partial charge in [0.25, 0.3) is 5.91 Å². The Kier molecular flexibility index (Phi) is 7.16. The van der Waals surface area contributed by atoms with Crippen LogP contribution in [0, 0.1) is 0 Å². The molecule has 2 rings (SSSR count). The maximum Gasteiger partial charge on any atom is 0.326 e. The van der Waals surface area contributed by atoms with Gasteiger partial charge in [-0.15, -0.1) is 0 Å². The summed E-state index contributed by atoms with van der Waals surface area (Å²) in [5.41, 5.74) is 0.206. The monoisotopic (exact) mass is 377 g/mol. The molecule has 0 saturated heterocycles. The molecule has 1 unspecified atom stereocenters. The molecule has 3 amide bonds. The summed E-state index contributed by atoms with van der Waals surface area (Å²) in [5, 5.41) is 16.9. The number of hydrogen-bond acceptors (Lipinski definition) is 5. The summed E-state index contributed by atoms with van der Waals surface area (Å²) < 4.78 is 5.60. The quantitative estimate of drug-likeness (QED) is 0.547. The largest absolute Gasteiger partial charge is 0.493 e. The van der Waals surface area contributed by atoms with E-state index < -0.39 is 29.9 Å². The van der Waals surface area contributed by atoms with Crippen LogP contribution in [-0.4, -0.2) is 54.0 Å². The maximum atomic E-state index is 12.5. The molecule has 0 spiro atoms. The molecule has 27 heavy (non-hydrogen) atoms. The number of carbonyl (C=O) groups excluding carboxylic acids is 3. The molecule has 9 nitrogen and oxygen atoms in total. The van der Waals surface area contributed by atoms with Crippen LogP contribution in [0.15, 0.2) is 24.3 Å². The zero-order valence-corrected chi connectivity index (χ0v) is 15.0. The van der Waals surface area contributed by atoms with Crippen molar-refractivity contribution in [1.82, 2.24) is 16.0 Å². The van der Waals surface area contributed by atoms with Gasteiger partial charge in [-0.1, -0.05) is 12.1 Å². The number of ether oxygens (including phenoxy) is 1. The number of amides is 3. The molecule has 1 aliphatic heterocycles. The molecular weight excluding hydrogens is 354 g/mol. The summed E-state index contributed by atoms with van der Waals surface area (Å²) in [4.78, 5) is 47.8. The van der Waals surface area contributed by atoms with Crippen LogP contribution >= 0.6 is 0 Å². The third-order valence-electron chi connectivity index (χ3n) is 4.04. The van der Waals surface area contributed by atoms with E-state index in [4.69, 9.17) is 4.74 Å². The number of para-hydroxylation sites is 1. The minimum atomic E-state index is -1.25. The van der Waals surface area contributed by atoms with Gasteiger partial charge in [0.05, 0.1) is 12.2 Å². The second-order valence-corrected chi connectivity index (χ2v) is 6.18. The molecule has 0 bridgehead atoms. The molecule has 9 heteroatoms. The zero-order valence-electron chi connectivity index (χ0n) is 15.0. The third kappa shape index (κ3) is 5.98. The topological polar surface area (TPSA) is 134 Å². The normalized spacial score (nSPS) is 22.5. The van der Waals surface area contributed by atoms with Gasteiger partial charge >= 0.3 is 5.97 Å². The van der Waals surface area contributed by atoms with E-state index >= 15 is 0 Å². The Bertz CT molecular complexity index is 721. The van der Waals surface area contributed by atoms with Gasteiger partial charge in [0, 0.05) is 13.0 Å². The second-order valence-electron chi connectivity index (χ2n) is 6.18. The smallest absolute Gasteiger partial charge is 0.326 e. The highest BCUT2D eigenvalue weighted by Gasteiger charge is 2.24. The summed E-state index contributed by atoms with van der Waals surface area (Å²) in [6.07, 6.45) is 0.247. The van der Waals surface area contributed by atoms with Crippen molar-refractivity contribution in [3.63, 3.8) is 0 Å². The number of carboxylic acids is 1. The Morgan fingerprint density at radius 3 is 2.67 bits per heavy atom. The molecule has 1 aromatic carbocycles. The number of benzene rings is 1. The lowest BCUT2D eigenvalue weighted by molar-refractivity contribution is -0.139. The van der Waals surface area contributed by atoms with Crippen molar-refractivity contribution in [1.29, 1.82) is 0 Å². The molecule has 2 atom stereocenters. The van der Waals surface area contributed by atoms with E-state index in [1.807, 2.05) is 0 Å².